The second kappa shape index (κ2) is 8.32. The summed E-state index contributed by atoms with van der Waals surface area (Å²) in [5, 5.41) is 8.48. The van der Waals surface area contributed by atoms with Crippen LogP contribution in [-0.4, -0.2) is 0 Å². The van der Waals surface area contributed by atoms with Gasteiger partial charge in [-0.05, 0) is 63.1 Å². The monoisotopic (exact) mass is 448 g/mol. The van der Waals surface area contributed by atoms with Crippen molar-refractivity contribution in [3.05, 3.63) is 107 Å². The molecule has 0 saturated heterocycles. The zero-order chi connectivity index (χ0) is 24.0. The summed E-state index contributed by atoms with van der Waals surface area (Å²) < 4.78 is 7.84. The quantitative estimate of drug-likeness (QED) is 0.304. The number of allylic oxidation sites excluding steroid dienone is 1. The van der Waals surface area contributed by atoms with E-state index >= 15 is 0 Å². The number of aromatic nitrogens is 1. The molecule has 1 aliphatic rings. The van der Waals surface area contributed by atoms with Crippen LogP contribution in [0.15, 0.2) is 77.7 Å². The average molecular weight is 449 g/mol. The molecule has 0 unspecified atom stereocenters. The lowest BCUT2D eigenvalue weighted by Gasteiger charge is -2.29. The standard InChI is InChI=1S/C31H32N2O/c1-20(2)15-24-19-32-29(26-12-14-34-30(24)26)22-11-13-33(6)28(18-22)23-16-21-9-7-8-10-25(21)27(17-23)31(3,4)5/h7-14,16-20H,6,15H2,1-5H3. The first kappa shape index (κ1) is 22.2. The molecule has 0 amide bonds. The highest BCUT2D eigenvalue weighted by atomic mass is 16.3. The minimum Gasteiger partial charge on any atom is -0.663 e. The molecular formula is C31H32N2O. The first-order valence-corrected chi connectivity index (χ1v) is 12.0. The van der Waals surface area contributed by atoms with E-state index in [1.54, 1.807) is 6.26 Å². The molecule has 5 rings (SSSR count). The Hall–Kier alpha value is -3.59. The van der Waals surface area contributed by atoms with Crippen LogP contribution < -0.4 is 9.46 Å². The third kappa shape index (κ3) is 3.96. The van der Waals surface area contributed by atoms with Crippen molar-refractivity contribution in [1.82, 2.24) is 0 Å². The molecule has 3 heteroatoms. The van der Waals surface area contributed by atoms with Crippen LogP contribution in [0.3, 0.4) is 0 Å². The van der Waals surface area contributed by atoms with Crippen LogP contribution in [0.1, 0.15) is 57.9 Å². The van der Waals surface area contributed by atoms with Crippen molar-refractivity contribution in [2.45, 2.75) is 46.5 Å². The van der Waals surface area contributed by atoms with E-state index in [0.29, 0.717) is 5.92 Å². The van der Waals surface area contributed by atoms with Crippen molar-refractivity contribution in [3.8, 4) is 11.3 Å². The van der Waals surface area contributed by atoms with Crippen molar-refractivity contribution in [2.75, 3.05) is 0 Å². The summed E-state index contributed by atoms with van der Waals surface area (Å²) in [6.07, 6.45) is 6.71. The Morgan fingerprint density at radius 3 is 2.59 bits per heavy atom. The highest BCUT2D eigenvalue weighted by Crippen LogP contribution is 2.38. The molecule has 2 aromatic heterocycles. The molecule has 4 aromatic rings. The normalized spacial score (nSPS) is 15.3. The van der Waals surface area contributed by atoms with Crippen molar-refractivity contribution < 1.29 is 8.66 Å². The van der Waals surface area contributed by atoms with Crippen LogP contribution in [-0.2, 0) is 5.41 Å². The van der Waals surface area contributed by atoms with Crippen molar-refractivity contribution in [1.29, 1.82) is 0 Å². The van der Waals surface area contributed by atoms with Gasteiger partial charge in [0.05, 0.1) is 6.26 Å². The topological polar surface area (TPSA) is 33.1 Å². The van der Waals surface area contributed by atoms with Crippen LogP contribution >= 0.6 is 0 Å². The van der Waals surface area contributed by atoms with Gasteiger partial charge in [0, 0.05) is 23.3 Å². The lowest BCUT2D eigenvalue weighted by molar-refractivity contribution is -0.486. The van der Waals surface area contributed by atoms with Gasteiger partial charge in [0.1, 0.15) is 12.5 Å². The van der Waals surface area contributed by atoms with Gasteiger partial charge >= 0.3 is 0 Å². The van der Waals surface area contributed by atoms with Crippen LogP contribution in [0.25, 0.3) is 38.6 Å². The van der Waals surface area contributed by atoms with Gasteiger partial charge in [-0.3, -0.25) is 0 Å². The molecule has 0 fully saturated rings. The molecule has 0 aliphatic carbocycles. The van der Waals surface area contributed by atoms with Crippen molar-refractivity contribution in [2.24, 2.45) is 5.92 Å². The summed E-state index contributed by atoms with van der Waals surface area (Å²) in [6.45, 7) is 15.5. The summed E-state index contributed by atoms with van der Waals surface area (Å²) >= 11 is 0. The molecule has 0 saturated carbocycles. The zero-order valence-electron chi connectivity index (χ0n) is 20.7. The van der Waals surface area contributed by atoms with Gasteiger partial charge in [-0.25, -0.2) is 0 Å². The maximum atomic E-state index is 5.89. The Morgan fingerprint density at radius 2 is 1.82 bits per heavy atom. The predicted octanol–water partition coefficient (Wildman–Crippen LogP) is 7.26. The largest absolute Gasteiger partial charge is 0.663 e. The number of nitrogens with zero attached hydrogens (tertiary/aromatic N) is 2. The number of fused-ring (bicyclic) bond motifs is 2. The fourth-order valence-corrected chi connectivity index (χ4v) is 4.83. The number of furan rings is 1. The molecule has 0 spiro atoms. The molecule has 3 heterocycles. The number of hydrogen-bond donors (Lipinski definition) is 0. The minimum atomic E-state index is 0.0238. The number of rotatable bonds is 3. The second-order valence-corrected chi connectivity index (χ2v) is 10.7. The third-order valence-corrected chi connectivity index (χ3v) is 6.46. The Balaban J connectivity index is 1.71. The molecule has 0 N–H and O–H groups in total. The third-order valence-electron chi connectivity index (χ3n) is 6.46. The van der Waals surface area contributed by atoms with Gasteiger partial charge in [0.25, 0.3) is 0 Å². The minimum absolute atomic E-state index is 0.0238. The maximum Gasteiger partial charge on any atom is 0.217 e. The molecule has 0 atom stereocenters. The first-order valence-electron chi connectivity index (χ1n) is 12.0. The van der Waals surface area contributed by atoms with Gasteiger partial charge < -0.3 is 9.73 Å². The Kier molecular flexibility index (Phi) is 5.44. The van der Waals surface area contributed by atoms with E-state index in [-0.39, 0.29) is 5.41 Å². The van der Waals surface area contributed by atoms with E-state index in [9.17, 15) is 0 Å². The molecule has 172 valence electrons. The lowest BCUT2D eigenvalue weighted by Crippen LogP contribution is -2.22. The van der Waals surface area contributed by atoms with Crippen LogP contribution in [0, 0.1) is 12.6 Å². The number of hydrogen-bond acceptors (Lipinski definition) is 1. The van der Waals surface area contributed by atoms with E-state index in [1.165, 1.54) is 16.3 Å². The van der Waals surface area contributed by atoms with Gasteiger partial charge in [0.2, 0.25) is 5.69 Å². The van der Waals surface area contributed by atoms with Crippen molar-refractivity contribution in [3.63, 3.8) is 0 Å². The molecular weight excluding hydrogens is 416 g/mol. The molecule has 2 aromatic carbocycles. The molecule has 0 bridgehead atoms. The SMILES string of the molecule is C=[n+]1ccc(=C2[N-]C=C(CC(C)C)c3occc32)cc1-c1cc(C(C)(C)C)c2ccccc2c1. The summed E-state index contributed by atoms with van der Waals surface area (Å²) in [6, 6.07) is 19.5. The Morgan fingerprint density at radius 1 is 1.03 bits per heavy atom. The fourth-order valence-electron chi connectivity index (χ4n) is 4.83. The second-order valence-electron chi connectivity index (χ2n) is 10.7. The van der Waals surface area contributed by atoms with Gasteiger partial charge in [-0.1, -0.05) is 58.9 Å². The maximum absolute atomic E-state index is 5.89. The number of pyridine rings is 1. The molecule has 34 heavy (non-hydrogen) atoms. The Labute approximate surface area is 201 Å². The summed E-state index contributed by atoms with van der Waals surface area (Å²) in [7, 11) is 0. The highest BCUT2D eigenvalue weighted by Gasteiger charge is 2.21. The summed E-state index contributed by atoms with van der Waals surface area (Å²) in [5.41, 5.74) is 6.72. The van der Waals surface area contributed by atoms with E-state index in [1.807, 2.05) is 22.7 Å². The zero-order valence-corrected chi connectivity index (χ0v) is 20.7. The molecule has 0 radical (unpaired) electrons. The van der Waals surface area contributed by atoms with E-state index in [0.717, 1.165) is 45.5 Å². The predicted molar refractivity (Wildman–Crippen MR) is 141 cm³/mol. The van der Waals surface area contributed by atoms with Crippen LogP contribution in [0.2, 0.25) is 0 Å². The number of benzene rings is 2. The Bertz CT molecular complexity index is 1530. The summed E-state index contributed by atoms with van der Waals surface area (Å²) in [4.78, 5) is 0. The average Bonchev–Trinajstić information content (AvgIpc) is 3.29. The fraction of sp³-hybridized carbons (Fsp3) is 0.258. The van der Waals surface area contributed by atoms with Gasteiger partial charge in [0.15, 0.2) is 6.20 Å². The summed E-state index contributed by atoms with van der Waals surface area (Å²) in [5.74, 6) is 1.48. The lowest BCUT2D eigenvalue weighted by atomic mass is 9.82. The van der Waals surface area contributed by atoms with Crippen LogP contribution in [0.5, 0.6) is 0 Å². The van der Waals surface area contributed by atoms with Crippen LogP contribution in [0.4, 0.5) is 0 Å². The van der Waals surface area contributed by atoms with Crippen molar-refractivity contribution >= 4 is 22.0 Å². The molecule has 3 nitrogen and oxygen atoms in total. The smallest absolute Gasteiger partial charge is 0.217 e. The van der Waals surface area contributed by atoms with Gasteiger partial charge in [-0.15, -0.1) is 5.70 Å². The van der Waals surface area contributed by atoms with E-state index < -0.39 is 0 Å². The highest BCUT2D eigenvalue weighted by molar-refractivity contribution is 5.91. The van der Waals surface area contributed by atoms with E-state index in [4.69, 9.17) is 9.73 Å². The van der Waals surface area contributed by atoms with Gasteiger partial charge in [-0.2, -0.15) is 10.4 Å². The van der Waals surface area contributed by atoms with E-state index in [2.05, 4.69) is 89.9 Å². The molecule has 1 aliphatic heterocycles. The first-order chi connectivity index (χ1) is 16.2.